The van der Waals surface area contributed by atoms with E-state index in [1.54, 1.807) is 12.4 Å². The van der Waals surface area contributed by atoms with Crippen molar-refractivity contribution in [1.82, 2.24) is 9.97 Å². The molecule has 3 aromatic rings. The quantitative estimate of drug-likeness (QED) is 0.589. The van der Waals surface area contributed by atoms with Crippen molar-refractivity contribution >= 4 is 28.8 Å². The van der Waals surface area contributed by atoms with Crippen LogP contribution in [0.25, 0.3) is 11.0 Å². The number of anilines is 2. The predicted octanol–water partition coefficient (Wildman–Crippen LogP) is 3.68. The third kappa shape index (κ3) is 3.20. The van der Waals surface area contributed by atoms with Crippen LogP contribution in [-0.4, -0.2) is 29.3 Å². The summed E-state index contributed by atoms with van der Waals surface area (Å²) >= 11 is 0. The van der Waals surface area contributed by atoms with Crippen molar-refractivity contribution in [2.75, 3.05) is 23.4 Å². The van der Waals surface area contributed by atoms with Gasteiger partial charge in [-0.05, 0) is 42.7 Å². The van der Waals surface area contributed by atoms with E-state index >= 15 is 0 Å². The Labute approximate surface area is 141 Å². The topological polar surface area (TPSA) is 53.4 Å². The predicted molar refractivity (Wildman–Crippen MR) is 98.6 cm³/mol. The maximum Gasteiger partial charge on any atom is 0.165 e. The molecule has 2 heterocycles. The second-order valence-corrected chi connectivity index (χ2v) is 5.90. The highest BCUT2D eigenvalue weighted by atomic mass is 15.3. The fourth-order valence-corrected chi connectivity index (χ4v) is 2.93. The first-order valence-electron chi connectivity index (χ1n) is 8.24. The van der Waals surface area contributed by atoms with Crippen molar-refractivity contribution in [3.8, 4) is 0 Å². The molecule has 0 bridgehead atoms. The van der Waals surface area contributed by atoms with E-state index in [1.165, 1.54) is 18.5 Å². The zero-order valence-corrected chi connectivity index (χ0v) is 13.4. The van der Waals surface area contributed by atoms with Crippen LogP contribution in [-0.2, 0) is 0 Å². The van der Waals surface area contributed by atoms with Crippen molar-refractivity contribution < 1.29 is 0 Å². The van der Waals surface area contributed by atoms with Gasteiger partial charge in [0.2, 0.25) is 0 Å². The Balaban J connectivity index is 1.42. The van der Waals surface area contributed by atoms with E-state index in [2.05, 4.69) is 49.7 Å². The molecule has 120 valence electrons. The lowest BCUT2D eigenvalue weighted by Crippen LogP contribution is -2.17. The van der Waals surface area contributed by atoms with Crippen LogP contribution in [0.5, 0.6) is 0 Å². The van der Waals surface area contributed by atoms with Crippen LogP contribution < -0.4 is 10.3 Å². The number of benzene rings is 2. The number of rotatable bonds is 4. The van der Waals surface area contributed by atoms with Gasteiger partial charge in [0.25, 0.3) is 0 Å². The summed E-state index contributed by atoms with van der Waals surface area (Å²) < 4.78 is 0. The molecule has 0 amide bonds. The lowest BCUT2D eigenvalue weighted by molar-refractivity contribution is 0.949. The van der Waals surface area contributed by atoms with Gasteiger partial charge in [-0.1, -0.05) is 24.3 Å². The van der Waals surface area contributed by atoms with E-state index in [4.69, 9.17) is 0 Å². The number of hydrogen-bond acceptors (Lipinski definition) is 5. The van der Waals surface area contributed by atoms with E-state index in [-0.39, 0.29) is 0 Å². The van der Waals surface area contributed by atoms with E-state index in [0.29, 0.717) is 5.82 Å². The smallest absolute Gasteiger partial charge is 0.165 e. The molecule has 2 aromatic carbocycles. The van der Waals surface area contributed by atoms with Gasteiger partial charge in [-0.25, -0.2) is 4.98 Å². The number of fused-ring (bicyclic) bond motifs is 1. The highest BCUT2D eigenvalue weighted by molar-refractivity contribution is 5.81. The number of nitrogens with one attached hydrogen (secondary N) is 1. The normalized spacial score (nSPS) is 14.6. The lowest BCUT2D eigenvalue weighted by atomic mass is 10.2. The molecule has 1 aromatic heterocycles. The van der Waals surface area contributed by atoms with Gasteiger partial charge in [-0.15, -0.1) is 0 Å². The maximum absolute atomic E-state index is 4.48. The molecule has 1 fully saturated rings. The second-order valence-electron chi connectivity index (χ2n) is 5.90. The molecule has 5 nitrogen and oxygen atoms in total. The van der Waals surface area contributed by atoms with E-state index < -0.39 is 0 Å². The zero-order valence-electron chi connectivity index (χ0n) is 13.4. The molecule has 0 saturated carbocycles. The summed E-state index contributed by atoms with van der Waals surface area (Å²) in [5.74, 6) is 0.638. The summed E-state index contributed by atoms with van der Waals surface area (Å²) in [5, 5.41) is 4.25. The summed E-state index contributed by atoms with van der Waals surface area (Å²) in [4.78, 5) is 11.3. The molecule has 4 rings (SSSR count). The van der Waals surface area contributed by atoms with E-state index in [9.17, 15) is 0 Å². The van der Waals surface area contributed by atoms with Crippen molar-refractivity contribution in [1.29, 1.82) is 0 Å². The summed E-state index contributed by atoms with van der Waals surface area (Å²) in [7, 11) is 0. The molecule has 0 unspecified atom stereocenters. The lowest BCUT2D eigenvalue weighted by Gasteiger charge is -2.17. The standard InChI is InChI=1S/C19H19N5/c1-2-6-18-17(5-1)20-14-19(22-18)23-21-13-15-7-9-16(10-8-15)24-11-3-4-12-24/h1-2,5-10,13-14H,3-4,11-12H2,(H,22,23). The van der Waals surface area contributed by atoms with Crippen LogP contribution in [0.3, 0.4) is 0 Å². The largest absolute Gasteiger partial charge is 0.372 e. The first-order chi connectivity index (χ1) is 11.9. The first kappa shape index (κ1) is 14.6. The average molecular weight is 317 g/mol. The van der Waals surface area contributed by atoms with Crippen molar-refractivity contribution in [3.05, 3.63) is 60.3 Å². The highest BCUT2D eigenvalue weighted by Gasteiger charge is 2.11. The van der Waals surface area contributed by atoms with Gasteiger partial charge in [-0.3, -0.25) is 10.4 Å². The van der Waals surface area contributed by atoms with Crippen LogP contribution in [0.4, 0.5) is 11.5 Å². The average Bonchev–Trinajstić information content (AvgIpc) is 3.17. The van der Waals surface area contributed by atoms with Gasteiger partial charge in [0, 0.05) is 18.8 Å². The Bertz CT molecular complexity index is 851. The number of hydrazone groups is 1. The Kier molecular flexibility index (Phi) is 4.06. The summed E-state index contributed by atoms with van der Waals surface area (Å²) in [6.45, 7) is 2.32. The Morgan fingerprint density at radius 3 is 2.50 bits per heavy atom. The molecule has 0 aliphatic carbocycles. The molecular formula is C19H19N5. The van der Waals surface area contributed by atoms with Crippen molar-refractivity contribution in [3.63, 3.8) is 0 Å². The SMILES string of the molecule is C(=NNc1cnc2ccccc2n1)c1ccc(N2CCCC2)cc1. The van der Waals surface area contributed by atoms with E-state index in [0.717, 1.165) is 29.7 Å². The fourth-order valence-electron chi connectivity index (χ4n) is 2.93. The minimum absolute atomic E-state index is 0.638. The zero-order chi connectivity index (χ0) is 16.2. The van der Waals surface area contributed by atoms with Crippen LogP contribution >= 0.6 is 0 Å². The first-order valence-corrected chi connectivity index (χ1v) is 8.24. The van der Waals surface area contributed by atoms with Crippen molar-refractivity contribution in [2.24, 2.45) is 5.10 Å². The Morgan fingerprint density at radius 2 is 1.71 bits per heavy atom. The van der Waals surface area contributed by atoms with Gasteiger partial charge >= 0.3 is 0 Å². The molecule has 1 N–H and O–H groups in total. The van der Waals surface area contributed by atoms with Crippen LogP contribution in [0.2, 0.25) is 0 Å². The molecule has 0 radical (unpaired) electrons. The van der Waals surface area contributed by atoms with Gasteiger partial charge in [0.15, 0.2) is 5.82 Å². The van der Waals surface area contributed by atoms with Gasteiger partial charge in [0.05, 0.1) is 23.4 Å². The van der Waals surface area contributed by atoms with Gasteiger partial charge in [-0.2, -0.15) is 5.10 Å². The van der Waals surface area contributed by atoms with Crippen molar-refractivity contribution in [2.45, 2.75) is 12.8 Å². The number of hydrogen-bond donors (Lipinski definition) is 1. The molecule has 1 aliphatic heterocycles. The second kappa shape index (κ2) is 6.66. The Hall–Kier alpha value is -2.95. The molecule has 5 heteroatoms. The summed E-state index contributed by atoms with van der Waals surface area (Å²) in [5.41, 5.74) is 7.02. The van der Waals surface area contributed by atoms with Crippen LogP contribution in [0.15, 0.2) is 59.8 Å². The van der Waals surface area contributed by atoms with Crippen LogP contribution in [0, 0.1) is 0 Å². The molecule has 0 spiro atoms. The molecule has 24 heavy (non-hydrogen) atoms. The van der Waals surface area contributed by atoms with Gasteiger partial charge < -0.3 is 4.90 Å². The Morgan fingerprint density at radius 1 is 0.958 bits per heavy atom. The summed E-state index contributed by atoms with van der Waals surface area (Å²) in [6.07, 6.45) is 6.07. The number of para-hydroxylation sites is 2. The third-order valence-electron chi connectivity index (χ3n) is 4.21. The molecule has 0 atom stereocenters. The maximum atomic E-state index is 4.48. The minimum Gasteiger partial charge on any atom is -0.372 e. The minimum atomic E-state index is 0.638. The van der Waals surface area contributed by atoms with Crippen LogP contribution in [0.1, 0.15) is 18.4 Å². The molecule has 1 saturated heterocycles. The monoisotopic (exact) mass is 317 g/mol. The molecule has 1 aliphatic rings. The third-order valence-corrected chi connectivity index (χ3v) is 4.21. The number of nitrogens with zero attached hydrogens (tertiary/aromatic N) is 4. The highest BCUT2D eigenvalue weighted by Crippen LogP contribution is 2.20. The fraction of sp³-hybridized carbons (Fsp3) is 0.211. The van der Waals surface area contributed by atoms with E-state index in [1.807, 2.05) is 24.3 Å². The summed E-state index contributed by atoms with van der Waals surface area (Å²) in [6, 6.07) is 16.3. The number of aromatic nitrogens is 2. The molecular weight excluding hydrogens is 298 g/mol. The van der Waals surface area contributed by atoms with Gasteiger partial charge in [0.1, 0.15) is 0 Å².